The first-order chi connectivity index (χ1) is 19.0. The molecule has 0 saturated carbocycles. The van der Waals surface area contributed by atoms with Gasteiger partial charge in [-0.25, -0.2) is 0 Å². The van der Waals surface area contributed by atoms with Gasteiger partial charge in [0, 0.05) is 46.0 Å². The van der Waals surface area contributed by atoms with E-state index in [-0.39, 0.29) is 32.9 Å². The van der Waals surface area contributed by atoms with Crippen LogP contribution in [0.5, 0.6) is 0 Å². The summed E-state index contributed by atoms with van der Waals surface area (Å²) in [4.78, 5) is 28.0. The Morgan fingerprint density at radius 1 is 0.875 bits per heavy atom. The van der Waals surface area contributed by atoms with E-state index in [1.165, 1.54) is 24.4 Å². The molecule has 1 N–H and O–H groups in total. The molecular formula is C29H21Cl2F3N2O4. The van der Waals surface area contributed by atoms with Gasteiger partial charge in [0.1, 0.15) is 0 Å². The average molecular weight is 589 g/mol. The van der Waals surface area contributed by atoms with Gasteiger partial charge in [0.25, 0.3) is 5.60 Å². The molecule has 0 amide bonds. The van der Waals surface area contributed by atoms with E-state index in [9.17, 15) is 22.8 Å². The Kier molecular flexibility index (Phi) is 7.46. The molecule has 1 atom stereocenters. The van der Waals surface area contributed by atoms with Crippen LogP contribution in [0.1, 0.15) is 67.8 Å². The standard InChI is InChI=1S/C19H12Cl2F3NO2.C10H9NO2/c20-13-6-12(7-14(21)8-13)18(19(22,23)24)9-16(25-27-18)11-1-3-15-10(5-11)2-4-17(15)26;12-10-4-2-8-5-7(6-11-13)1-3-9(8)10/h1,3,5-8H,2,4,9H2;1,3,5-6,13H,2,4H2/b;11-6+. The minimum absolute atomic E-state index is 0.0411. The van der Waals surface area contributed by atoms with E-state index in [4.69, 9.17) is 33.2 Å². The zero-order chi connectivity index (χ0) is 28.7. The van der Waals surface area contributed by atoms with Crippen molar-refractivity contribution >= 4 is 46.7 Å². The molecule has 206 valence electrons. The fourth-order valence-corrected chi connectivity index (χ4v) is 5.63. The Balaban J connectivity index is 0.000000207. The third-order valence-electron chi connectivity index (χ3n) is 7.13. The van der Waals surface area contributed by atoms with Gasteiger partial charge >= 0.3 is 6.18 Å². The summed E-state index contributed by atoms with van der Waals surface area (Å²) in [5, 5.41) is 15.2. The van der Waals surface area contributed by atoms with Crippen molar-refractivity contribution in [3.63, 3.8) is 0 Å². The van der Waals surface area contributed by atoms with Crippen LogP contribution in [0, 0.1) is 0 Å². The van der Waals surface area contributed by atoms with Crippen LogP contribution in [-0.4, -0.2) is 34.9 Å². The number of aryl methyl sites for hydroxylation is 2. The molecular weight excluding hydrogens is 568 g/mol. The summed E-state index contributed by atoms with van der Waals surface area (Å²) in [6.07, 6.45) is -1.49. The molecule has 3 aromatic rings. The summed E-state index contributed by atoms with van der Waals surface area (Å²) in [5.41, 5.74) is 1.92. The number of alkyl halides is 3. The maximum Gasteiger partial charge on any atom is 0.435 e. The van der Waals surface area contributed by atoms with Crippen molar-refractivity contribution < 1.29 is 32.8 Å². The predicted octanol–water partition coefficient (Wildman–Crippen LogP) is 7.33. The molecule has 0 radical (unpaired) electrons. The summed E-state index contributed by atoms with van der Waals surface area (Å²) >= 11 is 11.8. The molecule has 0 fully saturated rings. The van der Waals surface area contributed by atoms with Crippen LogP contribution in [0.2, 0.25) is 10.0 Å². The Morgan fingerprint density at radius 2 is 1.48 bits per heavy atom. The van der Waals surface area contributed by atoms with Crippen molar-refractivity contribution in [1.29, 1.82) is 0 Å². The molecule has 3 aliphatic rings. The van der Waals surface area contributed by atoms with Crippen LogP contribution in [0.15, 0.2) is 64.9 Å². The van der Waals surface area contributed by atoms with Crippen LogP contribution < -0.4 is 0 Å². The lowest BCUT2D eigenvalue weighted by Crippen LogP contribution is -2.42. The highest BCUT2D eigenvalue weighted by Gasteiger charge is 2.62. The van der Waals surface area contributed by atoms with Crippen molar-refractivity contribution in [2.24, 2.45) is 10.3 Å². The van der Waals surface area contributed by atoms with Crippen LogP contribution in [0.25, 0.3) is 0 Å². The number of oxime groups is 2. The van der Waals surface area contributed by atoms with E-state index in [1.807, 2.05) is 6.07 Å². The van der Waals surface area contributed by atoms with Crippen molar-refractivity contribution in [1.82, 2.24) is 0 Å². The number of Topliss-reactive ketones (excluding diaryl/α,β-unsaturated/α-hetero) is 2. The van der Waals surface area contributed by atoms with E-state index in [2.05, 4.69) is 10.3 Å². The second kappa shape index (κ2) is 10.7. The van der Waals surface area contributed by atoms with Gasteiger partial charge in [-0.15, -0.1) is 0 Å². The summed E-state index contributed by atoms with van der Waals surface area (Å²) in [6.45, 7) is 0. The van der Waals surface area contributed by atoms with Gasteiger partial charge in [0.2, 0.25) is 0 Å². The van der Waals surface area contributed by atoms with E-state index in [0.717, 1.165) is 28.7 Å². The Labute approximate surface area is 237 Å². The highest BCUT2D eigenvalue weighted by atomic mass is 35.5. The number of hydrogen-bond acceptors (Lipinski definition) is 6. The SMILES string of the molecule is O=C1CCc2cc(/C=N/O)ccc21.O=C1CCc2cc(C3=NOC(c4cc(Cl)cc(Cl)c4)(C(F)(F)F)C3)ccc21. The van der Waals surface area contributed by atoms with Crippen molar-refractivity contribution in [2.45, 2.75) is 43.9 Å². The second-order valence-corrected chi connectivity index (χ2v) is 10.5. The summed E-state index contributed by atoms with van der Waals surface area (Å²) in [6, 6.07) is 14.1. The summed E-state index contributed by atoms with van der Waals surface area (Å²) in [5.74, 6) is 0.252. The molecule has 2 aliphatic carbocycles. The number of benzene rings is 3. The molecule has 3 aromatic carbocycles. The van der Waals surface area contributed by atoms with Gasteiger partial charge in [-0.1, -0.05) is 57.8 Å². The molecule has 0 aromatic heterocycles. The lowest BCUT2D eigenvalue weighted by molar-refractivity contribution is -0.275. The third-order valence-corrected chi connectivity index (χ3v) is 7.57. The maximum absolute atomic E-state index is 14.0. The highest BCUT2D eigenvalue weighted by Crippen LogP contribution is 2.49. The number of rotatable bonds is 3. The lowest BCUT2D eigenvalue weighted by atomic mass is 9.86. The maximum atomic E-state index is 14.0. The average Bonchev–Trinajstić information content (AvgIpc) is 3.62. The van der Waals surface area contributed by atoms with Crippen molar-refractivity contribution in [3.8, 4) is 0 Å². The number of ketones is 2. The number of carbonyl (C=O) groups is 2. The van der Waals surface area contributed by atoms with Gasteiger partial charge in [-0.2, -0.15) is 13.2 Å². The van der Waals surface area contributed by atoms with Crippen LogP contribution in [0.4, 0.5) is 13.2 Å². The molecule has 6 nitrogen and oxygen atoms in total. The number of fused-ring (bicyclic) bond motifs is 2. The highest BCUT2D eigenvalue weighted by molar-refractivity contribution is 6.34. The van der Waals surface area contributed by atoms with Crippen molar-refractivity contribution in [2.75, 3.05) is 0 Å². The lowest BCUT2D eigenvalue weighted by Gasteiger charge is -2.29. The largest absolute Gasteiger partial charge is 0.435 e. The van der Waals surface area contributed by atoms with Crippen molar-refractivity contribution in [3.05, 3.63) is 104 Å². The molecule has 11 heteroatoms. The smallest absolute Gasteiger partial charge is 0.411 e. The number of hydrogen-bond donors (Lipinski definition) is 1. The third kappa shape index (κ3) is 5.23. The number of halogens is 5. The second-order valence-electron chi connectivity index (χ2n) is 9.67. The molecule has 1 unspecified atom stereocenters. The Morgan fingerprint density at radius 3 is 2.08 bits per heavy atom. The summed E-state index contributed by atoms with van der Waals surface area (Å²) < 4.78 is 42.0. The van der Waals surface area contributed by atoms with E-state index in [0.29, 0.717) is 30.4 Å². The number of nitrogens with zero attached hydrogens (tertiary/aromatic N) is 2. The van der Waals surface area contributed by atoms with Gasteiger partial charge in [-0.3, -0.25) is 9.59 Å². The first-order valence-corrected chi connectivity index (χ1v) is 13.0. The molecule has 0 spiro atoms. The molecule has 0 saturated heterocycles. The fourth-order valence-electron chi connectivity index (χ4n) is 5.10. The molecule has 40 heavy (non-hydrogen) atoms. The van der Waals surface area contributed by atoms with Crippen LogP contribution in [0.3, 0.4) is 0 Å². The van der Waals surface area contributed by atoms with Gasteiger partial charge in [-0.05, 0) is 65.4 Å². The van der Waals surface area contributed by atoms with Crippen LogP contribution >= 0.6 is 23.2 Å². The minimum atomic E-state index is -4.74. The van der Waals surface area contributed by atoms with Crippen LogP contribution in [-0.2, 0) is 23.3 Å². The zero-order valence-electron chi connectivity index (χ0n) is 20.8. The zero-order valence-corrected chi connectivity index (χ0v) is 22.3. The first kappa shape index (κ1) is 27.9. The topological polar surface area (TPSA) is 88.3 Å². The van der Waals surface area contributed by atoms with Gasteiger partial charge in [0.05, 0.1) is 11.9 Å². The molecule has 0 bridgehead atoms. The monoisotopic (exact) mass is 588 g/mol. The molecule has 1 aliphatic heterocycles. The fraction of sp³-hybridized carbons (Fsp3) is 0.241. The van der Waals surface area contributed by atoms with E-state index in [1.54, 1.807) is 30.3 Å². The normalized spacial score (nSPS) is 19.7. The van der Waals surface area contributed by atoms with E-state index < -0.39 is 18.2 Å². The molecule has 1 heterocycles. The quantitative estimate of drug-likeness (QED) is 0.197. The minimum Gasteiger partial charge on any atom is -0.411 e. The predicted molar refractivity (Wildman–Crippen MR) is 144 cm³/mol. The Hall–Kier alpha value is -3.69. The van der Waals surface area contributed by atoms with Gasteiger partial charge < -0.3 is 10.0 Å². The molecule has 6 rings (SSSR count). The Bertz CT molecular complexity index is 1570. The number of carbonyl (C=O) groups excluding carboxylic acids is 2. The van der Waals surface area contributed by atoms with E-state index >= 15 is 0 Å². The van der Waals surface area contributed by atoms with Gasteiger partial charge in [0.15, 0.2) is 11.6 Å². The summed E-state index contributed by atoms with van der Waals surface area (Å²) in [7, 11) is 0. The first-order valence-electron chi connectivity index (χ1n) is 12.3.